The number of sulfonamides is 1. The van der Waals surface area contributed by atoms with Gasteiger partial charge in [0, 0.05) is 10.7 Å². The van der Waals surface area contributed by atoms with Crippen LogP contribution >= 0.6 is 11.6 Å². The molecule has 1 amide bonds. The number of hydrogen-bond donors (Lipinski definition) is 2. The molecule has 3 aromatic carbocycles. The number of anilines is 2. The summed E-state index contributed by atoms with van der Waals surface area (Å²) in [5.41, 5.74) is 3.09. The summed E-state index contributed by atoms with van der Waals surface area (Å²) >= 11 is 5.90. The summed E-state index contributed by atoms with van der Waals surface area (Å²) in [7, 11) is -3.89. The van der Waals surface area contributed by atoms with Crippen molar-refractivity contribution in [1.29, 1.82) is 0 Å². The first-order valence-corrected chi connectivity index (χ1v) is 10.4. The van der Waals surface area contributed by atoms with Gasteiger partial charge in [-0.25, -0.2) is 8.42 Å². The maximum absolute atomic E-state index is 12.8. The van der Waals surface area contributed by atoms with Crippen LogP contribution in [0.25, 0.3) is 0 Å². The fourth-order valence-electron chi connectivity index (χ4n) is 2.85. The van der Waals surface area contributed by atoms with Gasteiger partial charge in [0.2, 0.25) is 0 Å². The van der Waals surface area contributed by atoms with Gasteiger partial charge in [-0.1, -0.05) is 35.9 Å². The molecule has 2 N–H and O–H groups in total. The first-order chi connectivity index (χ1) is 13.2. The molecule has 5 nitrogen and oxygen atoms in total. The number of benzene rings is 3. The van der Waals surface area contributed by atoms with E-state index in [-0.39, 0.29) is 16.1 Å². The topological polar surface area (TPSA) is 75.3 Å². The van der Waals surface area contributed by atoms with E-state index in [9.17, 15) is 13.2 Å². The molecule has 3 rings (SSSR count). The van der Waals surface area contributed by atoms with Gasteiger partial charge in [-0.05, 0) is 67.4 Å². The summed E-state index contributed by atoms with van der Waals surface area (Å²) < 4.78 is 27.8. The van der Waals surface area contributed by atoms with Crippen molar-refractivity contribution in [2.75, 3.05) is 10.0 Å². The van der Waals surface area contributed by atoms with E-state index in [2.05, 4.69) is 10.0 Å². The average molecular weight is 415 g/mol. The number of hydrogen-bond acceptors (Lipinski definition) is 3. The lowest BCUT2D eigenvalue weighted by molar-refractivity contribution is 0.102. The zero-order valence-corrected chi connectivity index (χ0v) is 16.9. The van der Waals surface area contributed by atoms with E-state index in [1.165, 1.54) is 12.1 Å². The van der Waals surface area contributed by atoms with Crippen LogP contribution in [-0.2, 0) is 10.0 Å². The summed E-state index contributed by atoms with van der Waals surface area (Å²) in [5.74, 6) is -0.408. The zero-order valence-electron chi connectivity index (χ0n) is 15.4. The second-order valence-corrected chi connectivity index (χ2v) is 8.56. The normalized spacial score (nSPS) is 11.1. The largest absolute Gasteiger partial charge is 0.322 e. The predicted molar refractivity (Wildman–Crippen MR) is 113 cm³/mol. The first kappa shape index (κ1) is 19.9. The van der Waals surface area contributed by atoms with E-state index >= 15 is 0 Å². The molecule has 0 aliphatic heterocycles. The van der Waals surface area contributed by atoms with E-state index in [4.69, 9.17) is 11.6 Å². The molecule has 0 atom stereocenters. The summed E-state index contributed by atoms with van der Waals surface area (Å²) in [5, 5.41) is 3.13. The first-order valence-electron chi connectivity index (χ1n) is 8.52. The molecule has 144 valence electrons. The molecule has 0 aliphatic carbocycles. The second-order valence-electron chi connectivity index (χ2n) is 6.44. The molecule has 0 aliphatic rings. The van der Waals surface area contributed by atoms with Gasteiger partial charge in [-0.2, -0.15) is 0 Å². The third-order valence-electron chi connectivity index (χ3n) is 4.00. The highest BCUT2D eigenvalue weighted by molar-refractivity contribution is 7.92. The molecular formula is C21H19ClN2O3S. The molecule has 0 heterocycles. The Morgan fingerprint density at radius 2 is 1.57 bits per heavy atom. The van der Waals surface area contributed by atoms with Gasteiger partial charge < -0.3 is 5.32 Å². The molecule has 0 aromatic heterocycles. The predicted octanol–water partition coefficient (Wildman–Crippen LogP) is 5.01. The minimum Gasteiger partial charge on any atom is -0.322 e. The van der Waals surface area contributed by atoms with Gasteiger partial charge in [0.25, 0.3) is 15.9 Å². The molecule has 0 fully saturated rings. The molecule has 7 heteroatoms. The minimum absolute atomic E-state index is 0.0181. The Hall–Kier alpha value is -2.83. The van der Waals surface area contributed by atoms with Crippen molar-refractivity contribution in [3.05, 3.63) is 88.4 Å². The van der Waals surface area contributed by atoms with E-state index in [1.54, 1.807) is 36.4 Å². The SMILES string of the molecule is Cc1cc(C)cc(NC(=O)c2ccccc2NS(=O)(=O)c2cccc(Cl)c2)c1. The second kappa shape index (κ2) is 8.04. The Bertz CT molecular complexity index is 1120. The maximum Gasteiger partial charge on any atom is 0.261 e. The van der Waals surface area contributed by atoms with Crippen LogP contribution in [0.5, 0.6) is 0 Å². The third-order valence-corrected chi connectivity index (χ3v) is 5.60. The summed E-state index contributed by atoms with van der Waals surface area (Å²) in [6.45, 7) is 3.88. The Kier molecular flexibility index (Phi) is 5.72. The smallest absolute Gasteiger partial charge is 0.261 e. The van der Waals surface area contributed by atoms with Crippen LogP contribution in [0.1, 0.15) is 21.5 Å². The number of halogens is 1. The molecule has 3 aromatic rings. The molecule has 0 bridgehead atoms. The minimum atomic E-state index is -3.89. The van der Waals surface area contributed by atoms with Crippen molar-refractivity contribution in [2.24, 2.45) is 0 Å². The fourth-order valence-corrected chi connectivity index (χ4v) is 4.23. The summed E-state index contributed by atoms with van der Waals surface area (Å²) in [6.07, 6.45) is 0. The van der Waals surface area contributed by atoms with E-state index in [1.807, 2.05) is 32.0 Å². The Morgan fingerprint density at radius 1 is 0.893 bits per heavy atom. The standard InChI is InChI=1S/C21H19ClN2O3S/c1-14-10-15(2)12-17(11-14)23-21(25)19-8-3-4-9-20(19)24-28(26,27)18-7-5-6-16(22)13-18/h3-13,24H,1-2H3,(H,23,25). The van der Waals surface area contributed by atoms with Crippen LogP contribution in [0.15, 0.2) is 71.6 Å². The number of carbonyl (C=O) groups excluding carboxylic acids is 1. The van der Waals surface area contributed by atoms with Gasteiger partial charge in [-0.3, -0.25) is 9.52 Å². The summed E-state index contributed by atoms with van der Waals surface area (Å²) in [6, 6.07) is 18.1. The lowest BCUT2D eigenvalue weighted by Crippen LogP contribution is -2.18. The van der Waals surface area contributed by atoms with Crippen molar-refractivity contribution in [1.82, 2.24) is 0 Å². The third kappa shape index (κ3) is 4.71. The highest BCUT2D eigenvalue weighted by atomic mass is 35.5. The monoisotopic (exact) mass is 414 g/mol. The van der Waals surface area contributed by atoms with Gasteiger partial charge in [0.05, 0.1) is 16.1 Å². The molecular weight excluding hydrogens is 396 g/mol. The van der Waals surface area contributed by atoms with Crippen molar-refractivity contribution in [3.8, 4) is 0 Å². The number of nitrogens with one attached hydrogen (secondary N) is 2. The van der Waals surface area contributed by atoms with Crippen LogP contribution in [0.3, 0.4) is 0 Å². The van der Waals surface area contributed by atoms with Gasteiger partial charge >= 0.3 is 0 Å². The Morgan fingerprint density at radius 3 is 2.25 bits per heavy atom. The molecule has 0 unspecified atom stereocenters. The molecule has 0 saturated heterocycles. The Labute approximate surface area is 169 Å². The Balaban J connectivity index is 1.89. The lowest BCUT2D eigenvalue weighted by atomic mass is 10.1. The number of rotatable bonds is 5. The molecule has 0 spiro atoms. The van der Waals surface area contributed by atoms with Crippen molar-refractivity contribution in [3.63, 3.8) is 0 Å². The van der Waals surface area contributed by atoms with Crippen LogP contribution < -0.4 is 10.0 Å². The number of amides is 1. The van der Waals surface area contributed by atoms with E-state index in [0.29, 0.717) is 10.7 Å². The van der Waals surface area contributed by atoms with Crippen molar-refractivity contribution in [2.45, 2.75) is 18.7 Å². The number of carbonyl (C=O) groups is 1. The maximum atomic E-state index is 12.8. The number of aryl methyl sites for hydroxylation is 2. The highest BCUT2D eigenvalue weighted by Gasteiger charge is 2.19. The van der Waals surface area contributed by atoms with Crippen LogP contribution in [0, 0.1) is 13.8 Å². The fraction of sp³-hybridized carbons (Fsp3) is 0.0952. The molecule has 0 saturated carbocycles. The van der Waals surface area contributed by atoms with Crippen molar-refractivity contribution < 1.29 is 13.2 Å². The van der Waals surface area contributed by atoms with Gasteiger partial charge in [-0.15, -0.1) is 0 Å². The van der Waals surface area contributed by atoms with E-state index < -0.39 is 15.9 Å². The molecule has 28 heavy (non-hydrogen) atoms. The summed E-state index contributed by atoms with van der Waals surface area (Å²) in [4.78, 5) is 12.8. The van der Waals surface area contributed by atoms with Gasteiger partial charge in [0.15, 0.2) is 0 Å². The number of para-hydroxylation sites is 1. The van der Waals surface area contributed by atoms with Gasteiger partial charge in [0.1, 0.15) is 0 Å². The van der Waals surface area contributed by atoms with E-state index in [0.717, 1.165) is 11.1 Å². The lowest BCUT2D eigenvalue weighted by Gasteiger charge is -2.13. The van der Waals surface area contributed by atoms with Crippen LogP contribution in [-0.4, -0.2) is 14.3 Å². The highest BCUT2D eigenvalue weighted by Crippen LogP contribution is 2.23. The van der Waals surface area contributed by atoms with Crippen LogP contribution in [0.4, 0.5) is 11.4 Å². The van der Waals surface area contributed by atoms with Crippen LogP contribution in [0.2, 0.25) is 5.02 Å². The average Bonchev–Trinajstić information content (AvgIpc) is 2.61. The molecule has 0 radical (unpaired) electrons. The van der Waals surface area contributed by atoms with Crippen molar-refractivity contribution >= 4 is 38.9 Å². The quantitative estimate of drug-likeness (QED) is 0.616. The zero-order chi connectivity index (χ0) is 20.3.